The zero-order valence-electron chi connectivity index (χ0n) is 16.5. The summed E-state index contributed by atoms with van der Waals surface area (Å²) in [5.74, 6) is 0.0752. The Balaban J connectivity index is 1.60. The van der Waals surface area contributed by atoms with E-state index < -0.39 is 10.0 Å². The molecule has 0 aliphatic carbocycles. The van der Waals surface area contributed by atoms with E-state index in [0.29, 0.717) is 16.5 Å². The van der Waals surface area contributed by atoms with Crippen LogP contribution in [0.1, 0.15) is 11.1 Å². The third kappa shape index (κ3) is 5.52. The first-order valence-electron chi connectivity index (χ1n) is 9.12. The highest BCUT2D eigenvalue weighted by Crippen LogP contribution is 2.23. The SMILES string of the molecule is Cc1ccc(NS(=O)(=O)c2ccc(OCC(=O)Nc3ccccc3C)cc2)cc1Cl. The minimum absolute atomic E-state index is 0.0657. The van der Waals surface area contributed by atoms with E-state index in [-0.39, 0.29) is 17.4 Å². The van der Waals surface area contributed by atoms with Crippen molar-refractivity contribution in [2.24, 2.45) is 0 Å². The molecule has 0 heterocycles. The lowest BCUT2D eigenvalue weighted by molar-refractivity contribution is -0.118. The molecule has 0 aliphatic rings. The van der Waals surface area contributed by atoms with Gasteiger partial charge in [0.15, 0.2) is 6.61 Å². The topological polar surface area (TPSA) is 84.5 Å². The molecule has 0 fully saturated rings. The first kappa shape index (κ1) is 21.7. The van der Waals surface area contributed by atoms with Gasteiger partial charge in [0.2, 0.25) is 0 Å². The number of sulfonamides is 1. The van der Waals surface area contributed by atoms with Gasteiger partial charge >= 0.3 is 0 Å². The van der Waals surface area contributed by atoms with Crippen LogP contribution in [0.25, 0.3) is 0 Å². The number of halogens is 1. The van der Waals surface area contributed by atoms with Gasteiger partial charge in [0, 0.05) is 10.7 Å². The second-order valence-electron chi connectivity index (χ2n) is 6.69. The maximum absolute atomic E-state index is 12.6. The second-order valence-corrected chi connectivity index (χ2v) is 8.78. The molecular weight excluding hydrogens is 424 g/mol. The van der Waals surface area contributed by atoms with Crippen molar-refractivity contribution in [3.8, 4) is 5.75 Å². The summed E-state index contributed by atoms with van der Waals surface area (Å²) in [5, 5.41) is 3.25. The molecule has 2 N–H and O–H groups in total. The Hall–Kier alpha value is -3.03. The Morgan fingerprint density at radius 2 is 1.67 bits per heavy atom. The highest BCUT2D eigenvalue weighted by molar-refractivity contribution is 7.92. The van der Waals surface area contributed by atoms with E-state index in [2.05, 4.69) is 10.0 Å². The largest absolute Gasteiger partial charge is 0.484 e. The number of hydrogen-bond donors (Lipinski definition) is 2. The minimum atomic E-state index is -3.78. The number of benzene rings is 3. The van der Waals surface area contributed by atoms with Gasteiger partial charge in [-0.3, -0.25) is 9.52 Å². The zero-order chi connectivity index (χ0) is 21.7. The van der Waals surface area contributed by atoms with E-state index in [1.165, 1.54) is 24.3 Å². The number of carbonyl (C=O) groups is 1. The van der Waals surface area contributed by atoms with Gasteiger partial charge in [0.25, 0.3) is 15.9 Å². The van der Waals surface area contributed by atoms with E-state index >= 15 is 0 Å². The molecule has 0 unspecified atom stereocenters. The monoisotopic (exact) mass is 444 g/mol. The predicted octanol–water partition coefficient (Wildman–Crippen LogP) is 4.78. The molecule has 30 heavy (non-hydrogen) atoms. The van der Waals surface area contributed by atoms with E-state index in [1.54, 1.807) is 24.3 Å². The molecule has 1 amide bonds. The molecule has 156 valence electrons. The van der Waals surface area contributed by atoms with Crippen LogP contribution in [0.3, 0.4) is 0 Å². The highest BCUT2D eigenvalue weighted by atomic mass is 35.5. The summed E-state index contributed by atoms with van der Waals surface area (Å²) in [7, 11) is -3.78. The van der Waals surface area contributed by atoms with Crippen LogP contribution < -0.4 is 14.8 Å². The lowest BCUT2D eigenvalue weighted by Gasteiger charge is -2.11. The van der Waals surface area contributed by atoms with Gasteiger partial charge in [-0.25, -0.2) is 8.42 Å². The summed E-state index contributed by atoms with van der Waals surface area (Å²) in [6.07, 6.45) is 0. The van der Waals surface area contributed by atoms with Crippen molar-refractivity contribution in [1.29, 1.82) is 0 Å². The van der Waals surface area contributed by atoms with Crippen LogP contribution in [0.2, 0.25) is 5.02 Å². The third-order valence-corrected chi connectivity index (χ3v) is 6.15. The Labute approximate surface area is 180 Å². The Morgan fingerprint density at radius 3 is 2.33 bits per heavy atom. The molecule has 3 rings (SSSR count). The maximum atomic E-state index is 12.6. The van der Waals surface area contributed by atoms with Gasteiger partial charge in [-0.05, 0) is 67.4 Å². The predicted molar refractivity (Wildman–Crippen MR) is 119 cm³/mol. The average molecular weight is 445 g/mol. The van der Waals surface area contributed by atoms with Crippen LogP contribution in [0, 0.1) is 13.8 Å². The van der Waals surface area contributed by atoms with Crippen LogP contribution in [0.4, 0.5) is 11.4 Å². The number of anilines is 2. The smallest absolute Gasteiger partial charge is 0.262 e. The highest BCUT2D eigenvalue weighted by Gasteiger charge is 2.15. The van der Waals surface area contributed by atoms with Crippen molar-refractivity contribution >= 4 is 38.9 Å². The van der Waals surface area contributed by atoms with Gasteiger partial charge in [0.05, 0.1) is 10.6 Å². The van der Waals surface area contributed by atoms with E-state index in [0.717, 1.165) is 16.8 Å². The van der Waals surface area contributed by atoms with Gasteiger partial charge in [-0.2, -0.15) is 0 Å². The molecule has 0 radical (unpaired) electrons. The van der Waals surface area contributed by atoms with Crippen LogP contribution in [-0.4, -0.2) is 20.9 Å². The summed E-state index contributed by atoms with van der Waals surface area (Å²) in [6, 6.07) is 18.2. The van der Waals surface area contributed by atoms with E-state index in [4.69, 9.17) is 16.3 Å². The summed E-state index contributed by atoms with van der Waals surface area (Å²) in [5.41, 5.74) is 2.89. The number of hydrogen-bond acceptors (Lipinski definition) is 4. The molecule has 6 nitrogen and oxygen atoms in total. The van der Waals surface area contributed by atoms with E-state index in [1.807, 2.05) is 32.0 Å². The first-order chi connectivity index (χ1) is 14.2. The molecule has 0 saturated heterocycles. The number of amides is 1. The quantitative estimate of drug-likeness (QED) is 0.549. The number of ether oxygens (including phenoxy) is 1. The number of carbonyl (C=O) groups excluding carboxylic acids is 1. The van der Waals surface area contributed by atoms with Crippen molar-refractivity contribution in [2.45, 2.75) is 18.7 Å². The molecule has 0 atom stereocenters. The molecule has 3 aromatic carbocycles. The number of para-hydroxylation sites is 1. The van der Waals surface area contributed by atoms with Crippen LogP contribution in [0.15, 0.2) is 71.6 Å². The van der Waals surface area contributed by atoms with Crippen molar-refractivity contribution in [3.63, 3.8) is 0 Å². The van der Waals surface area contributed by atoms with Crippen molar-refractivity contribution in [3.05, 3.63) is 82.9 Å². The Bertz CT molecular complexity index is 1160. The van der Waals surface area contributed by atoms with Gasteiger partial charge in [-0.1, -0.05) is 35.9 Å². The van der Waals surface area contributed by atoms with Crippen molar-refractivity contribution in [2.75, 3.05) is 16.6 Å². The lowest BCUT2D eigenvalue weighted by atomic mass is 10.2. The fourth-order valence-corrected chi connectivity index (χ4v) is 3.86. The Morgan fingerprint density at radius 1 is 0.967 bits per heavy atom. The maximum Gasteiger partial charge on any atom is 0.262 e. The van der Waals surface area contributed by atoms with Crippen LogP contribution in [-0.2, 0) is 14.8 Å². The van der Waals surface area contributed by atoms with Crippen LogP contribution >= 0.6 is 11.6 Å². The Kier molecular flexibility index (Phi) is 6.64. The molecule has 0 bridgehead atoms. The molecule has 3 aromatic rings. The molecule has 0 aliphatic heterocycles. The fourth-order valence-electron chi connectivity index (χ4n) is 2.63. The normalized spacial score (nSPS) is 11.0. The molecule has 8 heteroatoms. The molecular formula is C22H21ClN2O4S. The number of aryl methyl sites for hydroxylation is 2. The summed E-state index contributed by atoms with van der Waals surface area (Å²) >= 11 is 6.05. The number of nitrogens with one attached hydrogen (secondary N) is 2. The minimum Gasteiger partial charge on any atom is -0.484 e. The average Bonchev–Trinajstić information content (AvgIpc) is 2.71. The van der Waals surface area contributed by atoms with Crippen molar-refractivity contribution < 1.29 is 17.9 Å². The summed E-state index contributed by atoms with van der Waals surface area (Å²) in [6.45, 7) is 3.54. The molecule has 0 aromatic heterocycles. The van der Waals surface area contributed by atoms with Gasteiger partial charge in [0.1, 0.15) is 5.75 Å². The van der Waals surface area contributed by atoms with Gasteiger partial charge in [-0.15, -0.1) is 0 Å². The fraction of sp³-hybridized carbons (Fsp3) is 0.136. The summed E-state index contributed by atoms with van der Waals surface area (Å²) in [4.78, 5) is 12.1. The van der Waals surface area contributed by atoms with Crippen molar-refractivity contribution in [1.82, 2.24) is 0 Å². The molecule has 0 spiro atoms. The first-order valence-corrected chi connectivity index (χ1v) is 11.0. The van der Waals surface area contributed by atoms with E-state index in [9.17, 15) is 13.2 Å². The lowest BCUT2D eigenvalue weighted by Crippen LogP contribution is -2.20. The third-order valence-electron chi connectivity index (χ3n) is 4.35. The standard InChI is InChI=1S/C22H21ClN2O4S/c1-15-7-8-17(13-20(15)23)25-30(27,28)19-11-9-18(10-12-19)29-14-22(26)24-21-6-4-3-5-16(21)2/h3-13,25H,14H2,1-2H3,(H,24,26). The summed E-state index contributed by atoms with van der Waals surface area (Å²) < 4.78 is 33.0. The molecule has 0 saturated carbocycles. The second kappa shape index (κ2) is 9.19. The van der Waals surface area contributed by atoms with Crippen LogP contribution in [0.5, 0.6) is 5.75 Å². The van der Waals surface area contributed by atoms with Gasteiger partial charge < -0.3 is 10.1 Å². The zero-order valence-corrected chi connectivity index (χ0v) is 18.0. The number of rotatable bonds is 7.